The monoisotopic (exact) mass is 855 g/mol. The van der Waals surface area contributed by atoms with E-state index in [1.807, 2.05) is 62.3 Å². The lowest BCUT2D eigenvalue weighted by molar-refractivity contribution is -0.201. The van der Waals surface area contributed by atoms with Crippen LogP contribution in [-0.4, -0.2) is 88.0 Å². The van der Waals surface area contributed by atoms with E-state index >= 15 is 0 Å². The molecule has 2 saturated heterocycles. The van der Waals surface area contributed by atoms with E-state index in [2.05, 4.69) is 0 Å². The molecular formula is C46H78O14. The predicted molar refractivity (Wildman–Crippen MR) is 223 cm³/mol. The zero-order valence-corrected chi connectivity index (χ0v) is 38.9. The lowest BCUT2D eigenvalue weighted by Gasteiger charge is -2.41. The Kier molecular flexibility index (Phi) is 22.0. The van der Waals surface area contributed by atoms with Crippen LogP contribution < -0.4 is 0 Å². The number of hydrogen-bond acceptors (Lipinski definition) is 14. The lowest BCUT2D eigenvalue weighted by Crippen LogP contribution is -2.44. The van der Waals surface area contributed by atoms with Crippen LogP contribution in [0.25, 0.3) is 0 Å². The van der Waals surface area contributed by atoms with Gasteiger partial charge in [-0.25, -0.2) is 0 Å². The molecule has 0 amide bonds. The molecule has 0 radical (unpaired) electrons. The quantitative estimate of drug-likeness (QED) is 0.0488. The molecule has 2 rings (SSSR count). The van der Waals surface area contributed by atoms with Gasteiger partial charge in [0, 0.05) is 19.3 Å². The molecule has 2 heterocycles. The Morgan fingerprint density at radius 3 is 1.38 bits per heavy atom. The first-order valence-corrected chi connectivity index (χ1v) is 22.4. The highest BCUT2D eigenvalue weighted by atomic mass is 16.7. The van der Waals surface area contributed by atoms with Crippen LogP contribution in [0.4, 0.5) is 0 Å². The molecule has 60 heavy (non-hydrogen) atoms. The van der Waals surface area contributed by atoms with Crippen LogP contribution in [-0.2, 0) is 66.7 Å². The second-order valence-corrected chi connectivity index (χ2v) is 19.2. The summed E-state index contributed by atoms with van der Waals surface area (Å²) in [6.45, 7) is 22.8. The fraction of sp³-hybridized carbons (Fsp3) is 0.870. The number of carbonyl (C=O) groups excluding carboxylic acids is 6. The largest absolute Gasteiger partial charge is 0.462 e. The van der Waals surface area contributed by atoms with Gasteiger partial charge >= 0.3 is 35.8 Å². The van der Waals surface area contributed by atoms with Crippen molar-refractivity contribution in [3.8, 4) is 0 Å². The van der Waals surface area contributed by atoms with Gasteiger partial charge in [0.05, 0.1) is 41.8 Å². The highest BCUT2D eigenvalue weighted by Gasteiger charge is 2.48. The molecule has 2 aliphatic heterocycles. The van der Waals surface area contributed by atoms with E-state index in [1.54, 1.807) is 20.8 Å². The van der Waals surface area contributed by atoms with E-state index in [9.17, 15) is 28.8 Å². The molecule has 0 aromatic rings. The van der Waals surface area contributed by atoms with Crippen LogP contribution in [0.1, 0.15) is 154 Å². The van der Waals surface area contributed by atoms with Crippen LogP contribution in [0.5, 0.6) is 0 Å². The minimum atomic E-state index is -1.26. The molecule has 0 saturated carbocycles. The summed E-state index contributed by atoms with van der Waals surface area (Å²) in [5, 5.41) is 0. The molecule has 0 aromatic heterocycles. The smallest absolute Gasteiger partial charge is 0.314 e. The molecule has 0 spiro atoms. The zero-order valence-electron chi connectivity index (χ0n) is 38.9. The number of hydrogen-bond donors (Lipinski definition) is 0. The first-order valence-electron chi connectivity index (χ1n) is 22.4. The summed E-state index contributed by atoms with van der Waals surface area (Å²) in [5.74, 6) is -5.16. The van der Waals surface area contributed by atoms with Gasteiger partial charge in [0.15, 0.2) is 0 Å². The average molecular weight is 855 g/mol. The third-order valence-corrected chi connectivity index (χ3v) is 12.0. The third kappa shape index (κ3) is 17.2. The molecule has 0 N–H and O–H groups in total. The Morgan fingerprint density at radius 1 is 0.567 bits per heavy atom. The van der Waals surface area contributed by atoms with Crippen molar-refractivity contribution in [3.63, 3.8) is 0 Å². The fourth-order valence-electron chi connectivity index (χ4n) is 8.16. The van der Waals surface area contributed by atoms with Gasteiger partial charge in [0.2, 0.25) is 12.6 Å². The van der Waals surface area contributed by atoms with Gasteiger partial charge in [-0.05, 0) is 88.4 Å². The van der Waals surface area contributed by atoms with Gasteiger partial charge in [0.25, 0.3) is 0 Å². The summed E-state index contributed by atoms with van der Waals surface area (Å²) < 4.78 is 45.0. The second kappa shape index (κ2) is 25.0. The first kappa shape index (κ1) is 52.9. The Bertz CT molecular complexity index is 1380. The summed E-state index contributed by atoms with van der Waals surface area (Å²) in [4.78, 5) is 79.7. The Hall–Kier alpha value is -3.26. The van der Waals surface area contributed by atoms with E-state index in [-0.39, 0.29) is 75.8 Å². The summed E-state index contributed by atoms with van der Waals surface area (Å²) in [6.07, 6.45) is 4.63. The van der Waals surface area contributed by atoms with Crippen LogP contribution in [0.3, 0.4) is 0 Å². The summed E-state index contributed by atoms with van der Waals surface area (Å²) in [5.41, 5.74) is -3.02. The van der Waals surface area contributed by atoms with E-state index in [4.69, 9.17) is 37.9 Å². The molecule has 0 bridgehead atoms. The van der Waals surface area contributed by atoms with Crippen molar-refractivity contribution in [2.24, 2.45) is 51.8 Å². The van der Waals surface area contributed by atoms with Gasteiger partial charge in [0.1, 0.15) is 26.4 Å². The first-order chi connectivity index (χ1) is 28.0. The molecule has 0 aliphatic carbocycles. The molecule has 2 aliphatic rings. The molecule has 7 atom stereocenters. The summed E-state index contributed by atoms with van der Waals surface area (Å²) in [7, 11) is 0. The Labute approximate surface area is 359 Å². The molecule has 7 unspecified atom stereocenters. The maximum Gasteiger partial charge on any atom is 0.314 e. The number of ether oxygens (including phenoxy) is 8. The van der Waals surface area contributed by atoms with Crippen molar-refractivity contribution in [1.82, 2.24) is 0 Å². The Balaban J connectivity index is 2.16. The number of carbonyl (C=O) groups is 6. The van der Waals surface area contributed by atoms with Crippen molar-refractivity contribution in [3.05, 3.63) is 0 Å². The van der Waals surface area contributed by atoms with E-state index < -0.39 is 76.4 Å². The van der Waals surface area contributed by atoms with Gasteiger partial charge < -0.3 is 37.9 Å². The topological polar surface area (TPSA) is 176 Å². The minimum Gasteiger partial charge on any atom is -0.462 e. The van der Waals surface area contributed by atoms with Gasteiger partial charge in [-0.15, -0.1) is 0 Å². The maximum atomic E-state index is 14.1. The standard InChI is InChI=1S/C46H78O14/c1-13-36(47)53-22-23-56-39(48)33(8)44(9,10)29-46(12,43(52)60-38-19-15-17-21-55-38)28-35(32(6)7)41(50)58-25-24-57-40(49)34(31(4)5)27-45(11,26-30(2)3)42(51)59-37-18-14-16-20-54-37/h30-35,37-38H,13-29H2,1-12H3. The maximum absolute atomic E-state index is 14.1. The second-order valence-electron chi connectivity index (χ2n) is 19.2. The van der Waals surface area contributed by atoms with Crippen molar-refractivity contribution < 1.29 is 66.7 Å². The Morgan fingerprint density at radius 2 is 0.983 bits per heavy atom. The van der Waals surface area contributed by atoms with E-state index in [0.717, 1.165) is 25.7 Å². The van der Waals surface area contributed by atoms with Crippen LogP contribution in [0.2, 0.25) is 0 Å². The normalized spacial score (nSPS) is 20.9. The van der Waals surface area contributed by atoms with Crippen molar-refractivity contribution in [2.45, 2.75) is 166 Å². The number of esters is 6. The van der Waals surface area contributed by atoms with E-state index in [1.165, 1.54) is 0 Å². The molecule has 14 heteroatoms. The molecule has 0 aromatic carbocycles. The highest BCUT2D eigenvalue weighted by Crippen LogP contribution is 2.46. The zero-order chi connectivity index (χ0) is 45.3. The molecule has 14 nitrogen and oxygen atoms in total. The fourth-order valence-corrected chi connectivity index (χ4v) is 8.16. The third-order valence-electron chi connectivity index (χ3n) is 12.0. The molecule has 346 valence electrons. The SMILES string of the molecule is CCC(=O)OCCOC(=O)C(C)C(C)(C)CC(C)(CC(C(=O)OCCOC(=O)C(CC(C)(CC(C)C)C(=O)OC1CCCCO1)C(C)C)C(C)C)C(=O)OC1CCCCO1. The summed E-state index contributed by atoms with van der Waals surface area (Å²) >= 11 is 0. The van der Waals surface area contributed by atoms with Crippen molar-refractivity contribution >= 4 is 35.8 Å². The molecular weight excluding hydrogens is 776 g/mol. The van der Waals surface area contributed by atoms with Gasteiger partial charge in [-0.2, -0.15) is 0 Å². The van der Waals surface area contributed by atoms with Gasteiger partial charge in [-0.1, -0.05) is 69.2 Å². The van der Waals surface area contributed by atoms with E-state index in [0.29, 0.717) is 32.5 Å². The van der Waals surface area contributed by atoms with Crippen molar-refractivity contribution in [1.29, 1.82) is 0 Å². The van der Waals surface area contributed by atoms with Crippen LogP contribution in [0.15, 0.2) is 0 Å². The van der Waals surface area contributed by atoms with Gasteiger partial charge in [-0.3, -0.25) is 28.8 Å². The highest BCUT2D eigenvalue weighted by molar-refractivity contribution is 5.80. The minimum absolute atomic E-state index is 0.0544. The average Bonchev–Trinajstić information content (AvgIpc) is 3.18. The summed E-state index contributed by atoms with van der Waals surface area (Å²) in [6, 6.07) is 0. The predicted octanol–water partition coefficient (Wildman–Crippen LogP) is 8.14. The van der Waals surface area contributed by atoms with Crippen LogP contribution >= 0.6 is 0 Å². The number of rotatable bonds is 25. The van der Waals surface area contributed by atoms with Crippen LogP contribution in [0, 0.1) is 51.8 Å². The lowest BCUT2D eigenvalue weighted by atomic mass is 9.64. The molecule has 2 fully saturated rings. The van der Waals surface area contributed by atoms with Crippen molar-refractivity contribution in [2.75, 3.05) is 39.6 Å².